The third kappa shape index (κ3) is 5.19. The number of hydrogen-bond acceptors (Lipinski definition) is 9. The second-order valence-electron chi connectivity index (χ2n) is 7.91. The average Bonchev–Trinajstić information content (AvgIpc) is 2.86. The number of carbonyl (C=O) groups is 1. The van der Waals surface area contributed by atoms with Gasteiger partial charge in [0.05, 0.1) is 23.0 Å². The molecule has 0 bridgehead atoms. The lowest BCUT2D eigenvalue weighted by Crippen LogP contribution is -2.48. The number of aliphatic hydroxyl groups excluding tert-OH is 1. The Bertz CT molecular complexity index is 1200. The topological polar surface area (TPSA) is 153 Å². The largest absolute Gasteiger partial charge is 0.396 e. The highest BCUT2D eigenvalue weighted by atomic mass is 19.1. The Kier molecular flexibility index (Phi) is 6.79. The van der Waals surface area contributed by atoms with Gasteiger partial charge in [-0.25, -0.2) is 19.3 Å². The summed E-state index contributed by atoms with van der Waals surface area (Å²) in [6.45, 7) is 1.12. The van der Waals surface area contributed by atoms with Crippen molar-refractivity contribution < 1.29 is 14.3 Å². The molecule has 1 aliphatic rings. The number of hydrogen-bond donors (Lipinski definition) is 4. The number of nitrogens with two attached hydrogens (primary N) is 1. The first-order chi connectivity index (χ1) is 16.5. The van der Waals surface area contributed by atoms with Crippen LogP contribution in [-0.4, -0.2) is 51.7 Å². The Hall–Kier alpha value is -4.30. The zero-order valence-corrected chi connectivity index (χ0v) is 18.1. The van der Waals surface area contributed by atoms with E-state index in [4.69, 9.17) is 11.0 Å². The SMILES string of the molecule is N#Cc1ccc(N2CC[C@@H](Nc3cc(Nc4ccc(F)cn4)ncc3C(N)=O)[C@@H](CO)C2)nc1. The molecular formula is C23H23FN8O2. The number of amides is 1. The molecule has 3 aromatic rings. The summed E-state index contributed by atoms with van der Waals surface area (Å²) in [7, 11) is 0. The number of nitrogens with zero attached hydrogens (tertiary/aromatic N) is 5. The number of rotatable bonds is 7. The molecule has 0 unspecified atom stereocenters. The molecule has 10 nitrogen and oxygen atoms in total. The summed E-state index contributed by atoms with van der Waals surface area (Å²) in [6, 6.07) is 9.78. The van der Waals surface area contributed by atoms with Crippen molar-refractivity contribution in [3.8, 4) is 6.07 Å². The Morgan fingerprint density at radius 2 is 2.03 bits per heavy atom. The maximum absolute atomic E-state index is 13.1. The Balaban J connectivity index is 1.51. The maximum atomic E-state index is 13.1. The molecule has 34 heavy (non-hydrogen) atoms. The molecule has 5 N–H and O–H groups in total. The predicted molar refractivity (Wildman–Crippen MR) is 124 cm³/mol. The molecule has 0 aromatic carbocycles. The van der Waals surface area contributed by atoms with Crippen molar-refractivity contribution >= 4 is 29.0 Å². The summed E-state index contributed by atoms with van der Waals surface area (Å²) in [6.07, 6.45) is 4.63. The molecular weight excluding hydrogens is 439 g/mol. The van der Waals surface area contributed by atoms with Gasteiger partial charge >= 0.3 is 0 Å². The van der Waals surface area contributed by atoms with Crippen LogP contribution >= 0.6 is 0 Å². The van der Waals surface area contributed by atoms with Crippen molar-refractivity contribution in [1.82, 2.24) is 15.0 Å². The van der Waals surface area contributed by atoms with Gasteiger partial charge < -0.3 is 26.4 Å². The normalized spacial score (nSPS) is 17.6. The van der Waals surface area contributed by atoms with Gasteiger partial charge in [0.15, 0.2) is 0 Å². The summed E-state index contributed by atoms with van der Waals surface area (Å²) < 4.78 is 13.1. The molecule has 0 radical (unpaired) electrons. The number of anilines is 4. The van der Waals surface area contributed by atoms with E-state index < -0.39 is 11.7 Å². The van der Waals surface area contributed by atoms with Crippen LogP contribution in [0.5, 0.6) is 0 Å². The molecule has 1 aliphatic heterocycles. The van der Waals surface area contributed by atoms with Gasteiger partial charge in [-0.05, 0) is 30.7 Å². The van der Waals surface area contributed by atoms with Gasteiger partial charge in [-0.1, -0.05) is 0 Å². The van der Waals surface area contributed by atoms with E-state index in [0.29, 0.717) is 42.4 Å². The fourth-order valence-corrected chi connectivity index (χ4v) is 3.87. The second kappa shape index (κ2) is 10.1. The van der Waals surface area contributed by atoms with E-state index in [1.807, 2.05) is 6.07 Å². The van der Waals surface area contributed by atoms with E-state index >= 15 is 0 Å². The summed E-state index contributed by atoms with van der Waals surface area (Å²) in [4.78, 5) is 26.5. The third-order valence-corrected chi connectivity index (χ3v) is 5.66. The van der Waals surface area contributed by atoms with Crippen LogP contribution in [0.25, 0.3) is 0 Å². The Labute approximate surface area is 195 Å². The fourth-order valence-electron chi connectivity index (χ4n) is 3.87. The third-order valence-electron chi connectivity index (χ3n) is 5.66. The van der Waals surface area contributed by atoms with Crippen molar-refractivity contribution in [3.05, 3.63) is 65.9 Å². The average molecular weight is 462 g/mol. The smallest absolute Gasteiger partial charge is 0.252 e. The first-order valence-electron chi connectivity index (χ1n) is 10.6. The minimum Gasteiger partial charge on any atom is -0.396 e. The highest BCUT2D eigenvalue weighted by Crippen LogP contribution is 2.28. The second-order valence-corrected chi connectivity index (χ2v) is 7.91. The molecule has 0 spiro atoms. The van der Waals surface area contributed by atoms with Crippen LogP contribution in [0.3, 0.4) is 0 Å². The minimum absolute atomic E-state index is 0.0773. The van der Waals surface area contributed by atoms with Crippen LogP contribution in [0.2, 0.25) is 0 Å². The van der Waals surface area contributed by atoms with E-state index in [2.05, 4.69) is 30.5 Å². The molecule has 4 heterocycles. The van der Waals surface area contributed by atoms with Gasteiger partial charge in [-0.2, -0.15) is 5.26 Å². The lowest BCUT2D eigenvalue weighted by atomic mass is 9.92. The fraction of sp³-hybridized carbons (Fsp3) is 0.261. The summed E-state index contributed by atoms with van der Waals surface area (Å²) in [5.74, 6) is 0.268. The van der Waals surface area contributed by atoms with E-state index in [1.54, 1.807) is 18.2 Å². The number of nitriles is 1. The number of halogens is 1. The number of primary amides is 1. The van der Waals surface area contributed by atoms with E-state index in [9.17, 15) is 14.3 Å². The number of piperidine rings is 1. The van der Waals surface area contributed by atoms with Gasteiger partial charge in [0, 0.05) is 50.1 Å². The van der Waals surface area contributed by atoms with Crippen LogP contribution in [-0.2, 0) is 0 Å². The molecule has 3 aromatic heterocycles. The van der Waals surface area contributed by atoms with E-state index in [0.717, 1.165) is 12.0 Å². The standard InChI is InChI=1S/C23H23FN8O2/c24-16-2-3-20(27-10-16)31-21-7-19(17(11-28-21)23(26)34)30-18-5-6-32(12-15(18)13-33)22-4-1-14(8-25)9-29-22/h1-4,7,9-11,15,18,33H,5-6,12-13H2,(H2,26,34)(H2,27,28,30,31)/t15-,18-/m1/s1. The highest BCUT2D eigenvalue weighted by molar-refractivity contribution is 5.98. The zero-order chi connectivity index (χ0) is 24.1. The molecule has 174 valence electrons. The van der Waals surface area contributed by atoms with Crippen molar-refractivity contribution in [2.75, 3.05) is 35.2 Å². The molecule has 1 amide bonds. The molecule has 0 saturated carbocycles. The summed E-state index contributed by atoms with van der Waals surface area (Å²) in [5, 5.41) is 25.3. The molecule has 11 heteroatoms. The molecule has 1 saturated heterocycles. The van der Waals surface area contributed by atoms with Crippen LogP contribution in [0, 0.1) is 23.1 Å². The van der Waals surface area contributed by atoms with E-state index in [-0.39, 0.29) is 24.1 Å². The number of nitrogens with one attached hydrogen (secondary N) is 2. The summed E-state index contributed by atoms with van der Waals surface area (Å²) in [5.41, 5.74) is 6.71. The first kappa shape index (κ1) is 22.9. The van der Waals surface area contributed by atoms with Crippen LogP contribution in [0.15, 0.2) is 48.9 Å². The Morgan fingerprint density at radius 1 is 1.21 bits per heavy atom. The van der Waals surface area contributed by atoms with Gasteiger partial charge in [-0.15, -0.1) is 0 Å². The van der Waals surface area contributed by atoms with Crippen molar-refractivity contribution in [1.29, 1.82) is 5.26 Å². The highest BCUT2D eigenvalue weighted by Gasteiger charge is 2.30. The molecule has 2 atom stereocenters. The lowest BCUT2D eigenvalue weighted by Gasteiger charge is -2.39. The summed E-state index contributed by atoms with van der Waals surface area (Å²) >= 11 is 0. The number of pyridine rings is 3. The van der Waals surface area contributed by atoms with Gasteiger partial charge in [0.2, 0.25) is 0 Å². The number of carbonyl (C=O) groups excluding carboxylic acids is 1. The van der Waals surface area contributed by atoms with Crippen LogP contribution in [0.1, 0.15) is 22.3 Å². The van der Waals surface area contributed by atoms with Gasteiger partial charge in [0.25, 0.3) is 5.91 Å². The van der Waals surface area contributed by atoms with Crippen LogP contribution < -0.4 is 21.3 Å². The minimum atomic E-state index is -0.638. The van der Waals surface area contributed by atoms with Crippen molar-refractivity contribution in [3.63, 3.8) is 0 Å². The number of aromatic nitrogens is 3. The van der Waals surface area contributed by atoms with Gasteiger partial charge in [-0.3, -0.25) is 4.79 Å². The maximum Gasteiger partial charge on any atom is 0.252 e. The molecule has 4 rings (SSSR count). The predicted octanol–water partition coefficient (Wildman–Crippen LogP) is 2.02. The van der Waals surface area contributed by atoms with E-state index in [1.165, 1.54) is 24.5 Å². The lowest BCUT2D eigenvalue weighted by molar-refractivity contribution is 0.100. The van der Waals surface area contributed by atoms with Crippen molar-refractivity contribution in [2.45, 2.75) is 12.5 Å². The molecule has 0 aliphatic carbocycles. The van der Waals surface area contributed by atoms with Crippen LogP contribution in [0.4, 0.5) is 27.5 Å². The van der Waals surface area contributed by atoms with Gasteiger partial charge in [0.1, 0.15) is 29.3 Å². The van der Waals surface area contributed by atoms with Crippen molar-refractivity contribution in [2.24, 2.45) is 11.7 Å². The number of aliphatic hydroxyl groups is 1. The molecule has 1 fully saturated rings. The quantitative estimate of drug-likeness (QED) is 0.413. The zero-order valence-electron chi connectivity index (χ0n) is 18.1. The monoisotopic (exact) mass is 462 g/mol. The first-order valence-corrected chi connectivity index (χ1v) is 10.6. The Morgan fingerprint density at radius 3 is 2.68 bits per heavy atom.